The molecule has 108 valence electrons. The molecule has 0 saturated heterocycles. The van der Waals surface area contributed by atoms with Crippen molar-refractivity contribution in [2.45, 2.75) is 26.7 Å². The van der Waals surface area contributed by atoms with E-state index in [1.807, 2.05) is 6.92 Å². The van der Waals surface area contributed by atoms with E-state index in [0.717, 1.165) is 18.4 Å². The van der Waals surface area contributed by atoms with E-state index in [4.69, 9.17) is 9.84 Å². The Kier molecular flexibility index (Phi) is 6.61. The number of rotatable bonds is 5. The summed E-state index contributed by atoms with van der Waals surface area (Å²) >= 11 is 0. The maximum absolute atomic E-state index is 12.1. The molecule has 0 saturated carbocycles. The van der Waals surface area contributed by atoms with Crippen LogP contribution in [0.5, 0.6) is 5.75 Å². The van der Waals surface area contributed by atoms with Gasteiger partial charge in [0.25, 0.3) is 0 Å². The van der Waals surface area contributed by atoms with E-state index in [-0.39, 0.29) is 18.4 Å². The molecule has 0 bridgehead atoms. The lowest BCUT2D eigenvalue weighted by Gasteiger charge is -2.14. The highest BCUT2D eigenvalue weighted by Gasteiger charge is 2.14. The van der Waals surface area contributed by atoms with Crippen LogP contribution < -0.4 is 10.1 Å². The molecule has 1 aromatic carbocycles. The number of methoxy groups -OCH3 is 1. The van der Waals surface area contributed by atoms with Gasteiger partial charge in [-0.05, 0) is 24.6 Å². The van der Waals surface area contributed by atoms with Crippen molar-refractivity contribution in [1.82, 2.24) is 0 Å². The molecule has 20 heavy (non-hydrogen) atoms. The summed E-state index contributed by atoms with van der Waals surface area (Å²) in [6, 6.07) is 5.28. The Bertz CT molecular complexity index is 514. The Hall–Kier alpha value is -1.99. The monoisotopic (exact) mass is 275 g/mol. The van der Waals surface area contributed by atoms with Crippen molar-refractivity contribution in [3.05, 3.63) is 23.8 Å². The number of aliphatic hydroxyl groups is 1. The van der Waals surface area contributed by atoms with E-state index in [0.29, 0.717) is 11.4 Å². The summed E-state index contributed by atoms with van der Waals surface area (Å²) < 4.78 is 5.23. The van der Waals surface area contributed by atoms with E-state index < -0.39 is 0 Å². The number of hydrogen-bond donors (Lipinski definition) is 2. The summed E-state index contributed by atoms with van der Waals surface area (Å²) in [7, 11) is 1.56. The third-order valence-electron chi connectivity index (χ3n) is 2.94. The van der Waals surface area contributed by atoms with Gasteiger partial charge in [0.15, 0.2) is 0 Å². The quantitative estimate of drug-likeness (QED) is 0.811. The minimum Gasteiger partial charge on any atom is -0.495 e. The van der Waals surface area contributed by atoms with Crippen molar-refractivity contribution in [1.29, 1.82) is 0 Å². The van der Waals surface area contributed by atoms with Gasteiger partial charge in [0, 0.05) is 11.5 Å². The van der Waals surface area contributed by atoms with Crippen LogP contribution in [0, 0.1) is 17.8 Å². The highest BCUT2D eigenvalue weighted by molar-refractivity contribution is 5.94. The first kappa shape index (κ1) is 16.1. The first-order chi connectivity index (χ1) is 9.62. The largest absolute Gasteiger partial charge is 0.495 e. The molecule has 0 aromatic heterocycles. The zero-order valence-corrected chi connectivity index (χ0v) is 12.2. The van der Waals surface area contributed by atoms with Gasteiger partial charge in [-0.3, -0.25) is 4.79 Å². The number of carbonyl (C=O) groups is 1. The van der Waals surface area contributed by atoms with Crippen molar-refractivity contribution < 1.29 is 14.6 Å². The average molecular weight is 275 g/mol. The van der Waals surface area contributed by atoms with Crippen molar-refractivity contribution in [3.63, 3.8) is 0 Å². The lowest BCUT2D eigenvalue weighted by molar-refractivity contribution is -0.119. The first-order valence-electron chi connectivity index (χ1n) is 6.71. The number of nitrogens with one attached hydrogen (secondary N) is 1. The van der Waals surface area contributed by atoms with Crippen molar-refractivity contribution >= 4 is 11.6 Å². The molecule has 0 fully saturated rings. The topological polar surface area (TPSA) is 58.6 Å². The van der Waals surface area contributed by atoms with Gasteiger partial charge in [0.05, 0.1) is 12.8 Å². The van der Waals surface area contributed by atoms with Crippen LogP contribution >= 0.6 is 0 Å². The minimum absolute atomic E-state index is 0.0302. The third-order valence-corrected chi connectivity index (χ3v) is 2.94. The van der Waals surface area contributed by atoms with Crippen LogP contribution in [-0.4, -0.2) is 24.7 Å². The van der Waals surface area contributed by atoms with Crippen molar-refractivity contribution in [2.75, 3.05) is 19.0 Å². The molecule has 1 amide bonds. The fourth-order valence-electron chi connectivity index (χ4n) is 1.85. The van der Waals surface area contributed by atoms with Gasteiger partial charge in [-0.15, -0.1) is 0 Å². The van der Waals surface area contributed by atoms with Crippen LogP contribution in [0.15, 0.2) is 18.2 Å². The molecule has 0 aliphatic heterocycles. The maximum atomic E-state index is 12.1. The van der Waals surface area contributed by atoms with Crippen molar-refractivity contribution in [2.24, 2.45) is 5.92 Å². The number of ether oxygens (including phenoxy) is 1. The van der Waals surface area contributed by atoms with Crippen LogP contribution in [0.2, 0.25) is 0 Å². The van der Waals surface area contributed by atoms with Gasteiger partial charge in [-0.2, -0.15) is 0 Å². The molecule has 1 unspecified atom stereocenters. The molecule has 0 radical (unpaired) electrons. The smallest absolute Gasteiger partial charge is 0.227 e. The van der Waals surface area contributed by atoms with Gasteiger partial charge in [0.1, 0.15) is 12.4 Å². The van der Waals surface area contributed by atoms with Gasteiger partial charge < -0.3 is 15.2 Å². The number of amides is 1. The van der Waals surface area contributed by atoms with Crippen LogP contribution in [0.25, 0.3) is 0 Å². The highest BCUT2D eigenvalue weighted by atomic mass is 16.5. The van der Waals surface area contributed by atoms with Crippen LogP contribution in [0.4, 0.5) is 5.69 Å². The average Bonchev–Trinajstić information content (AvgIpc) is 2.45. The number of hydrogen-bond acceptors (Lipinski definition) is 3. The summed E-state index contributed by atoms with van der Waals surface area (Å²) in [5.74, 6) is 5.90. The lowest BCUT2D eigenvalue weighted by atomic mass is 10.1. The number of aliphatic hydroxyl groups excluding tert-OH is 1. The summed E-state index contributed by atoms with van der Waals surface area (Å²) in [5, 5.41) is 11.6. The van der Waals surface area contributed by atoms with Crippen molar-refractivity contribution in [3.8, 4) is 17.6 Å². The first-order valence-corrected chi connectivity index (χ1v) is 6.71. The summed E-state index contributed by atoms with van der Waals surface area (Å²) in [4.78, 5) is 12.1. The molecule has 1 rings (SSSR count). The molecule has 0 heterocycles. The molecule has 0 spiro atoms. The number of benzene rings is 1. The Morgan fingerprint density at radius 3 is 2.85 bits per heavy atom. The van der Waals surface area contributed by atoms with Gasteiger partial charge in [-0.25, -0.2) is 0 Å². The molecule has 1 atom stereocenters. The second-order valence-corrected chi connectivity index (χ2v) is 4.55. The normalized spacial score (nSPS) is 11.2. The predicted molar refractivity (Wildman–Crippen MR) is 79.7 cm³/mol. The standard InChI is InChI=1S/C16H21NO3/c1-4-6-12(2)16(19)17-14-11-13(7-5-10-18)8-9-15(14)20-3/h8-9,11-12,18H,4,6,10H2,1-3H3,(H,17,19). The Balaban J connectivity index is 2.93. The fourth-order valence-corrected chi connectivity index (χ4v) is 1.85. The van der Waals surface area contributed by atoms with E-state index >= 15 is 0 Å². The fraction of sp³-hybridized carbons (Fsp3) is 0.438. The molecular weight excluding hydrogens is 254 g/mol. The Labute approximate surface area is 120 Å². The second kappa shape index (κ2) is 8.23. The molecule has 1 aromatic rings. The van der Waals surface area contributed by atoms with Crippen LogP contribution in [0.3, 0.4) is 0 Å². The third kappa shape index (κ3) is 4.60. The van der Waals surface area contributed by atoms with Gasteiger partial charge in [0.2, 0.25) is 5.91 Å². The molecule has 0 aliphatic rings. The van der Waals surface area contributed by atoms with Crippen LogP contribution in [0.1, 0.15) is 32.3 Å². The zero-order chi connectivity index (χ0) is 15.0. The van der Waals surface area contributed by atoms with E-state index in [1.165, 1.54) is 0 Å². The highest BCUT2D eigenvalue weighted by Crippen LogP contribution is 2.26. The van der Waals surface area contributed by atoms with E-state index in [9.17, 15) is 4.79 Å². The lowest BCUT2D eigenvalue weighted by Crippen LogP contribution is -2.20. The second-order valence-electron chi connectivity index (χ2n) is 4.55. The number of carbonyl (C=O) groups excluding carboxylic acids is 1. The summed E-state index contributed by atoms with van der Waals surface area (Å²) in [6.45, 7) is 3.76. The van der Waals surface area contributed by atoms with E-state index in [2.05, 4.69) is 24.1 Å². The van der Waals surface area contributed by atoms with Gasteiger partial charge in [-0.1, -0.05) is 32.1 Å². The molecule has 2 N–H and O–H groups in total. The zero-order valence-electron chi connectivity index (χ0n) is 12.2. The van der Waals surface area contributed by atoms with E-state index in [1.54, 1.807) is 25.3 Å². The molecule has 4 nitrogen and oxygen atoms in total. The molecular formula is C16H21NO3. The summed E-state index contributed by atoms with van der Waals surface area (Å²) in [6.07, 6.45) is 1.81. The predicted octanol–water partition coefficient (Wildman–Crippen LogP) is 2.41. The Morgan fingerprint density at radius 2 is 2.25 bits per heavy atom. The SMILES string of the molecule is CCCC(C)C(=O)Nc1cc(C#CCO)ccc1OC. The number of anilines is 1. The molecule has 0 aliphatic carbocycles. The Morgan fingerprint density at radius 1 is 1.50 bits per heavy atom. The van der Waals surface area contributed by atoms with Crippen LogP contribution in [-0.2, 0) is 4.79 Å². The minimum atomic E-state index is -0.193. The molecule has 4 heteroatoms. The maximum Gasteiger partial charge on any atom is 0.227 e. The van der Waals surface area contributed by atoms with Gasteiger partial charge >= 0.3 is 0 Å². The summed E-state index contributed by atoms with van der Waals surface area (Å²) in [5.41, 5.74) is 1.32.